The van der Waals surface area contributed by atoms with Gasteiger partial charge in [0, 0.05) is 36.9 Å². The maximum atomic E-state index is 14.0. The number of pyridine rings is 1. The van der Waals surface area contributed by atoms with Crippen LogP contribution in [0.1, 0.15) is 19.8 Å². The predicted molar refractivity (Wildman–Crippen MR) is 113 cm³/mol. The third-order valence-electron chi connectivity index (χ3n) is 4.64. The fourth-order valence-electron chi connectivity index (χ4n) is 3.17. The number of nitrogens with one attached hydrogen (secondary N) is 1. The van der Waals surface area contributed by atoms with Crippen LogP contribution in [0.5, 0.6) is 11.5 Å². The molecule has 1 aromatic carbocycles. The van der Waals surface area contributed by atoms with Gasteiger partial charge in [0.1, 0.15) is 11.5 Å². The minimum Gasteiger partial charge on any atom is -0.448 e. The van der Waals surface area contributed by atoms with Gasteiger partial charge in [-0.15, -0.1) is 0 Å². The Morgan fingerprint density at radius 1 is 1.16 bits per heavy atom. The average molecular weight is 450 g/mol. The van der Waals surface area contributed by atoms with Crippen LogP contribution < -0.4 is 15.6 Å². The highest BCUT2D eigenvalue weighted by molar-refractivity contribution is 5.77. The Kier molecular flexibility index (Phi) is 7.67. The Balaban J connectivity index is 2.05. The minimum atomic E-state index is -0.971. The second-order valence-corrected chi connectivity index (χ2v) is 7.29. The number of nitrogens with zero attached hydrogens (tertiary/aromatic N) is 3. The maximum absolute atomic E-state index is 14.0. The van der Waals surface area contributed by atoms with E-state index in [2.05, 4.69) is 15.3 Å². The smallest absolute Gasteiger partial charge is 0.295 e. The van der Waals surface area contributed by atoms with Crippen molar-refractivity contribution in [2.45, 2.75) is 38.5 Å². The number of hydrogen-bond acceptors (Lipinski definition) is 8. The van der Waals surface area contributed by atoms with Crippen molar-refractivity contribution >= 4 is 17.0 Å². The van der Waals surface area contributed by atoms with Crippen LogP contribution in [0.3, 0.4) is 0 Å². The topological polar surface area (TPSA) is 130 Å². The molecule has 0 aliphatic carbocycles. The zero-order valence-electron chi connectivity index (χ0n) is 17.3. The van der Waals surface area contributed by atoms with Gasteiger partial charge in [-0.1, -0.05) is 0 Å². The molecule has 0 amide bonds. The number of rotatable bonds is 10. The van der Waals surface area contributed by atoms with Crippen LogP contribution in [0.2, 0.25) is 0 Å². The summed E-state index contributed by atoms with van der Waals surface area (Å²) in [6.45, 7) is 1.17. The first-order valence-electron chi connectivity index (χ1n) is 10.0. The quantitative estimate of drug-likeness (QED) is 0.368. The van der Waals surface area contributed by atoms with Crippen LogP contribution in [0.4, 0.5) is 14.7 Å². The number of fused-ring (bicyclic) bond motifs is 1. The van der Waals surface area contributed by atoms with Gasteiger partial charge in [-0.2, -0.15) is 4.98 Å². The first-order valence-corrected chi connectivity index (χ1v) is 10.0. The summed E-state index contributed by atoms with van der Waals surface area (Å²) in [6, 6.07) is 3.76. The Hall–Kier alpha value is -3.15. The number of aromatic nitrogens is 3. The minimum absolute atomic E-state index is 0.0986. The summed E-state index contributed by atoms with van der Waals surface area (Å²) in [7, 11) is 0. The monoisotopic (exact) mass is 450 g/mol. The van der Waals surface area contributed by atoms with E-state index >= 15 is 0 Å². The summed E-state index contributed by atoms with van der Waals surface area (Å²) in [6.07, 6.45) is 1.24. The molecule has 4 N–H and O–H groups in total. The largest absolute Gasteiger partial charge is 0.448 e. The number of anilines is 1. The standard InChI is InChI=1S/C21H24F2N4O5/c1-12(30)11-27-19-13(10-24-21(26-19)25-15(4-6-28)5-7-29)8-18(20(27)31)32-17-3-2-14(22)9-16(17)23/h2-3,8-10,12,15,28-30H,4-7,11H2,1H3,(H,24,25,26)/t12-/m0/s1. The third-order valence-corrected chi connectivity index (χ3v) is 4.64. The van der Waals surface area contributed by atoms with Crippen LogP contribution in [-0.4, -0.2) is 55.2 Å². The number of ether oxygens (including phenoxy) is 1. The van der Waals surface area contributed by atoms with Gasteiger partial charge in [-0.25, -0.2) is 13.8 Å². The van der Waals surface area contributed by atoms with E-state index in [9.17, 15) is 28.9 Å². The summed E-state index contributed by atoms with van der Waals surface area (Å²) < 4.78 is 33.8. The second-order valence-electron chi connectivity index (χ2n) is 7.29. The van der Waals surface area contributed by atoms with Crippen molar-refractivity contribution in [1.29, 1.82) is 0 Å². The van der Waals surface area contributed by atoms with Crippen molar-refractivity contribution in [1.82, 2.24) is 14.5 Å². The van der Waals surface area contributed by atoms with E-state index in [-0.39, 0.29) is 48.9 Å². The molecule has 0 spiro atoms. The average Bonchev–Trinajstić information content (AvgIpc) is 2.73. The molecule has 0 bridgehead atoms. The zero-order chi connectivity index (χ0) is 23.3. The molecule has 3 rings (SSSR count). The normalized spacial score (nSPS) is 12.3. The highest BCUT2D eigenvalue weighted by atomic mass is 19.1. The van der Waals surface area contributed by atoms with Gasteiger partial charge in [0.05, 0.1) is 12.6 Å². The Morgan fingerprint density at radius 3 is 2.50 bits per heavy atom. The Morgan fingerprint density at radius 2 is 1.88 bits per heavy atom. The molecular weight excluding hydrogens is 426 g/mol. The molecule has 0 fully saturated rings. The van der Waals surface area contributed by atoms with Crippen molar-refractivity contribution in [3.63, 3.8) is 0 Å². The Labute approximate surface area is 181 Å². The van der Waals surface area contributed by atoms with Crippen LogP contribution in [0.15, 0.2) is 35.3 Å². The SMILES string of the molecule is C[C@H](O)Cn1c(=O)c(Oc2ccc(F)cc2F)cc2cnc(NC(CCO)CCO)nc21. The molecule has 11 heteroatoms. The number of benzene rings is 1. The van der Waals surface area contributed by atoms with Gasteiger partial charge in [0.25, 0.3) is 5.56 Å². The molecule has 9 nitrogen and oxygen atoms in total. The van der Waals surface area contributed by atoms with E-state index in [0.717, 1.165) is 12.1 Å². The van der Waals surface area contributed by atoms with E-state index in [0.29, 0.717) is 24.3 Å². The van der Waals surface area contributed by atoms with Gasteiger partial charge in [0.2, 0.25) is 5.95 Å². The molecule has 0 saturated heterocycles. The molecule has 3 aromatic rings. The summed E-state index contributed by atoms with van der Waals surface area (Å²) in [5, 5.41) is 31.6. The number of hydrogen-bond donors (Lipinski definition) is 4. The molecule has 2 aromatic heterocycles. The second kappa shape index (κ2) is 10.4. The van der Waals surface area contributed by atoms with Crippen molar-refractivity contribution in [3.05, 3.63) is 52.5 Å². The van der Waals surface area contributed by atoms with Gasteiger partial charge in [-0.3, -0.25) is 9.36 Å². The molecule has 0 saturated carbocycles. The molecule has 0 aliphatic rings. The number of aliphatic hydroxyl groups is 3. The van der Waals surface area contributed by atoms with Crippen LogP contribution in [-0.2, 0) is 6.54 Å². The highest BCUT2D eigenvalue weighted by Crippen LogP contribution is 2.25. The molecule has 32 heavy (non-hydrogen) atoms. The van der Waals surface area contributed by atoms with Gasteiger partial charge in [0.15, 0.2) is 17.3 Å². The van der Waals surface area contributed by atoms with Crippen molar-refractivity contribution in [2.24, 2.45) is 0 Å². The molecular formula is C21H24F2N4O5. The molecule has 0 aliphatic heterocycles. The zero-order valence-corrected chi connectivity index (χ0v) is 17.3. The Bertz CT molecular complexity index is 1130. The van der Waals surface area contributed by atoms with Gasteiger partial charge >= 0.3 is 0 Å². The summed E-state index contributed by atoms with van der Waals surface area (Å²) in [5.74, 6) is -2.16. The number of aliphatic hydroxyl groups excluding tert-OH is 3. The van der Waals surface area contributed by atoms with E-state index in [1.807, 2.05) is 0 Å². The number of halogens is 2. The lowest BCUT2D eigenvalue weighted by atomic mass is 10.1. The van der Waals surface area contributed by atoms with Gasteiger partial charge < -0.3 is 25.4 Å². The molecule has 172 valence electrons. The summed E-state index contributed by atoms with van der Waals surface area (Å²) in [4.78, 5) is 21.6. The van der Waals surface area contributed by atoms with Crippen LogP contribution in [0, 0.1) is 11.6 Å². The summed E-state index contributed by atoms with van der Waals surface area (Å²) in [5.41, 5.74) is -0.471. The fourth-order valence-corrected chi connectivity index (χ4v) is 3.17. The summed E-state index contributed by atoms with van der Waals surface area (Å²) >= 11 is 0. The van der Waals surface area contributed by atoms with E-state index in [4.69, 9.17) is 4.74 Å². The molecule has 1 atom stereocenters. The lowest BCUT2D eigenvalue weighted by Gasteiger charge is -2.18. The lowest BCUT2D eigenvalue weighted by molar-refractivity contribution is 0.173. The van der Waals surface area contributed by atoms with Crippen molar-refractivity contribution in [2.75, 3.05) is 18.5 Å². The molecule has 2 heterocycles. The first kappa shape index (κ1) is 23.5. The van der Waals surface area contributed by atoms with Crippen LogP contribution >= 0.6 is 0 Å². The van der Waals surface area contributed by atoms with E-state index in [1.165, 1.54) is 23.8 Å². The maximum Gasteiger partial charge on any atom is 0.295 e. The van der Waals surface area contributed by atoms with Crippen molar-refractivity contribution in [3.8, 4) is 11.5 Å². The fraction of sp³-hybridized carbons (Fsp3) is 0.381. The van der Waals surface area contributed by atoms with Gasteiger partial charge in [-0.05, 0) is 38.0 Å². The third kappa shape index (κ3) is 5.55. The van der Waals surface area contributed by atoms with Crippen LogP contribution in [0.25, 0.3) is 11.0 Å². The van der Waals surface area contributed by atoms with E-state index in [1.54, 1.807) is 0 Å². The lowest BCUT2D eigenvalue weighted by Crippen LogP contribution is -2.28. The predicted octanol–water partition coefficient (Wildman–Crippen LogP) is 1.79. The van der Waals surface area contributed by atoms with Crippen molar-refractivity contribution < 1.29 is 28.8 Å². The molecule has 0 radical (unpaired) electrons. The first-order chi connectivity index (χ1) is 15.3. The van der Waals surface area contributed by atoms with E-state index < -0.39 is 23.3 Å². The highest BCUT2D eigenvalue weighted by Gasteiger charge is 2.17. The molecule has 0 unspecified atom stereocenters.